The highest BCUT2D eigenvalue weighted by Gasteiger charge is 2.18. The lowest BCUT2D eigenvalue weighted by molar-refractivity contribution is 0.409. The Morgan fingerprint density at radius 3 is 2.56 bits per heavy atom. The number of hydrogen-bond donors (Lipinski definition) is 1. The van der Waals surface area contributed by atoms with E-state index in [0.29, 0.717) is 17.3 Å². The van der Waals surface area contributed by atoms with Crippen LogP contribution in [0.2, 0.25) is 0 Å². The minimum absolute atomic E-state index is 0.344. The van der Waals surface area contributed by atoms with Gasteiger partial charge in [-0.1, -0.05) is 13.8 Å². The second-order valence-corrected chi connectivity index (χ2v) is 5.75. The molecule has 100 valence electrons. The van der Waals surface area contributed by atoms with Crippen molar-refractivity contribution in [2.24, 2.45) is 5.92 Å². The summed E-state index contributed by atoms with van der Waals surface area (Å²) in [4.78, 5) is 4.33. The molecule has 1 aromatic rings. The zero-order valence-corrected chi connectivity index (χ0v) is 12.3. The number of nitrogens with two attached hydrogens (primary N) is 1. The van der Waals surface area contributed by atoms with Crippen LogP contribution in [0.5, 0.6) is 0 Å². The van der Waals surface area contributed by atoms with Crippen LogP contribution in [-0.4, -0.2) is 43.0 Å². The molecule has 0 aliphatic heterocycles. The summed E-state index contributed by atoms with van der Waals surface area (Å²) < 4.78 is 4.08. The molecule has 1 heterocycles. The smallest absolute Gasteiger partial charge is 0.157 e. The van der Waals surface area contributed by atoms with Gasteiger partial charge in [0.1, 0.15) is 16.6 Å². The topological polar surface area (TPSA) is 69.2 Å². The number of nitriles is 1. The average Bonchev–Trinajstić information content (AvgIpc) is 2.64. The molecule has 18 heavy (non-hydrogen) atoms. The van der Waals surface area contributed by atoms with Crippen molar-refractivity contribution in [1.82, 2.24) is 9.27 Å². The first-order valence-corrected chi connectivity index (χ1v) is 6.78. The summed E-state index contributed by atoms with van der Waals surface area (Å²) in [7, 11) is 4.08. The van der Waals surface area contributed by atoms with E-state index in [4.69, 9.17) is 11.0 Å². The third-order valence-corrected chi connectivity index (χ3v) is 3.43. The molecule has 5 nitrogen and oxygen atoms in total. The molecule has 0 aliphatic rings. The minimum Gasteiger partial charge on any atom is -0.382 e. The Labute approximate surface area is 113 Å². The molecule has 0 amide bonds. The maximum Gasteiger partial charge on any atom is 0.157 e. The molecule has 6 heteroatoms. The number of aromatic nitrogens is 1. The average molecular weight is 267 g/mol. The van der Waals surface area contributed by atoms with Gasteiger partial charge in [-0.3, -0.25) is 0 Å². The molecule has 0 saturated carbocycles. The zero-order chi connectivity index (χ0) is 13.7. The largest absolute Gasteiger partial charge is 0.382 e. The van der Waals surface area contributed by atoms with Crippen LogP contribution in [0.4, 0.5) is 10.8 Å². The van der Waals surface area contributed by atoms with E-state index in [0.717, 1.165) is 24.6 Å². The van der Waals surface area contributed by atoms with Gasteiger partial charge in [0, 0.05) is 19.6 Å². The molecule has 0 bridgehead atoms. The minimum atomic E-state index is 0.344. The molecule has 0 aliphatic carbocycles. The first-order valence-electron chi connectivity index (χ1n) is 6.00. The molecule has 0 fully saturated rings. The van der Waals surface area contributed by atoms with Crippen LogP contribution in [0.15, 0.2) is 0 Å². The van der Waals surface area contributed by atoms with Gasteiger partial charge in [0.15, 0.2) is 5.82 Å². The van der Waals surface area contributed by atoms with Crippen molar-refractivity contribution >= 4 is 22.4 Å². The summed E-state index contributed by atoms with van der Waals surface area (Å²) in [5, 5.41) is 10.0. The Hall–Kier alpha value is -1.32. The van der Waals surface area contributed by atoms with Gasteiger partial charge in [-0.2, -0.15) is 9.64 Å². The van der Waals surface area contributed by atoms with Gasteiger partial charge in [0.05, 0.1) is 0 Å². The molecule has 0 spiro atoms. The number of nitrogens with zero attached hydrogens (tertiary/aromatic N) is 4. The Morgan fingerprint density at radius 1 is 1.39 bits per heavy atom. The van der Waals surface area contributed by atoms with Crippen LogP contribution < -0.4 is 10.6 Å². The normalized spacial score (nSPS) is 10.9. The van der Waals surface area contributed by atoms with Gasteiger partial charge in [-0.05, 0) is 31.5 Å². The molecular formula is C12H21N5S. The molecule has 0 atom stereocenters. The van der Waals surface area contributed by atoms with Crippen molar-refractivity contribution in [1.29, 1.82) is 5.26 Å². The number of nitrogen functional groups attached to an aromatic ring is 1. The Morgan fingerprint density at radius 2 is 2.06 bits per heavy atom. The van der Waals surface area contributed by atoms with Gasteiger partial charge >= 0.3 is 0 Å². The van der Waals surface area contributed by atoms with Crippen molar-refractivity contribution in [3.05, 3.63) is 5.56 Å². The van der Waals surface area contributed by atoms with Crippen molar-refractivity contribution < 1.29 is 0 Å². The van der Waals surface area contributed by atoms with Crippen LogP contribution in [0.3, 0.4) is 0 Å². The van der Waals surface area contributed by atoms with Crippen molar-refractivity contribution in [2.45, 2.75) is 13.8 Å². The molecule has 0 radical (unpaired) electrons. The fraction of sp³-hybridized carbons (Fsp3) is 0.667. The third kappa shape index (κ3) is 3.86. The summed E-state index contributed by atoms with van der Waals surface area (Å²) >= 11 is 1.31. The Kier molecular flexibility index (Phi) is 5.38. The highest BCUT2D eigenvalue weighted by molar-refractivity contribution is 7.10. The fourth-order valence-corrected chi connectivity index (χ4v) is 2.45. The van der Waals surface area contributed by atoms with E-state index in [1.807, 2.05) is 14.1 Å². The zero-order valence-electron chi connectivity index (χ0n) is 11.5. The van der Waals surface area contributed by atoms with Crippen LogP contribution >= 0.6 is 11.5 Å². The quantitative estimate of drug-likeness (QED) is 0.848. The van der Waals surface area contributed by atoms with E-state index in [1.54, 1.807) is 0 Å². The number of rotatable bonds is 6. The molecule has 0 aromatic carbocycles. The molecule has 0 saturated heterocycles. The maximum atomic E-state index is 9.15. The lowest BCUT2D eigenvalue weighted by Crippen LogP contribution is -2.34. The van der Waals surface area contributed by atoms with Crippen LogP contribution in [-0.2, 0) is 0 Å². The van der Waals surface area contributed by atoms with E-state index < -0.39 is 0 Å². The summed E-state index contributed by atoms with van der Waals surface area (Å²) in [6, 6.07) is 2.15. The summed E-state index contributed by atoms with van der Waals surface area (Å²) in [5.74, 6) is 0.873. The first-order chi connectivity index (χ1) is 8.45. The Bertz CT molecular complexity index is 419. The summed E-state index contributed by atoms with van der Waals surface area (Å²) in [5.41, 5.74) is 6.23. The predicted molar refractivity (Wildman–Crippen MR) is 76.8 cm³/mol. The van der Waals surface area contributed by atoms with Crippen LogP contribution in [0.25, 0.3) is 0 Å². The highest BCUT2D eigenvalue weighted by Crippen LogP contribution is 2.30. The van der Waals surface area contributed by atoms with E-state index in [2.05, 4.69) is 34.1 Å². The van der Waals surface area contributed by atoms with E-state index >= 15 is 0 Å². The molecule has 0 unspecified atom stereocenters. The second-order valence-electron chi connectivity index (χ2n) is 5.00. The lowest BCUT2D eigenvalue weighted by Gasteiger charge is -2.26. The molecule has 1 rings (SSSR count). The highest BCUT2D eigenvalue weighted by atomic mass is 32.1. The van der Waals surface area contributed by atoms with Crippen molar-refractivity contribution in [2.75, 3.05) is 44.4 Å². The standard InChI is InChI=1S/C12H21N5S/c1-9(2)8-17(6-5-16(3)4)12-10(7-13)11(14)15-18-12/h9H,5-6,8H2,1-4H3,(H2,14,15). The molecule has 2 N–H and O–H groups in total. The van der Waals surface area contributed by atoms with E-state index in [1.165, 1.54) is 11.5 Å². The SMILES string of the molecule is CC(C)CN(CCN(C)C)c1snc(N)c1C#N. The van der Waals surface area contributed by atoms with Crippen LogP contribution in [0, 0.1) is 17.2 Å². The second kappa shape index (κ2) is 6.57. The number of likely N-dealkylation sites (N-methyl/N-ethyl adjacent to an activating group) is 1. The van der Waals surface area contributed by atoms with Gasteiger partial charge in [-0.15, -0.1) is 0 Å². The number of hydrogen-bond acceptors (Lipinski definition) is 6. The van der Waals surface area contributed by atoms with Gasteiger partial charge in [0.25, 0.3) is 0 Å². The Balaban J connectivity index is 2.91. The van der Waals surface area contributed by atoms with Crippen molar-refractivity contribution in [3.8, 4) is 6.07 Å². The molecular weight excluding hydrogens is 246 g/mol. The third-order valence-electron chi connectivity index (χ3n) is 2.50. The maximum absolute atomic E-state index is 9.15. The fourth-order valence-electron chi connectivity index (χ4n) is 1.65. The number of anilines is 2. The first kappa shape index (κ1) is 14.7. The van der Waals surface area contributed by atoms with E-state index in [9.17, 15) is 0 Å². The molecule has 1 aromatic heterocycles. The van der Waals surface area contributed by atoms with Crippen LogP contribution in [0.1, 0.15) is 19.4 Å². The van der Waals surface area contributed by atoms with E-state index in [-0.39, 0.29) is 0 Å². The van der Waals surface area contributed by atoms with Crippen molar-refractivity contribution in [3.63, 3.8) is 0 Å². The van der Waals surface area contributed by atoms with Gasteiger partial charge in [0.2, 0.25) is 0 Å². The van der Waals surface area contributed by atoms with Gasteiger partial charge < -0.3 is 15.5 Å². The summed E-state index contributed by atoms with van der Waals surface area (Å²) in [6.07, 6.45) is 0. The lowest BCUT2D eigenvalue weighted by atomic mass is 10.2. The summed E-state index contributed by atoms with van der Waals surface area (Å²) in [6.45, 7) is 7.05. The monoisotopic (exact) mass is 267 g/mol. The predicted octanol–water partition coefficient (Wildman–Crippen LogP) is 1.62. The van der Waals surface area contributed by atoms with Gasteiger partial charge in [-0.25, -0.2) is 0 Å².